The first-order chi connectivity index (χ1) is 5.60. The minimum absolute atomic E-state index is 0.282. The average molecular weight is 176 g/mol. The van der Waals surface area contributed by atoms with Crippen molar-refractivity contribution in [2.24, 2.45) is 0 Å². The normalized spacial score (nSPS) is 16.4. The zero-order valence-corrected chi connectivity index (χ0v) is 7.35. The molecule has 0 rings (SSSR count). The second kappa shape index (κ2) is 5.89. The van der Waals surface area contributed by atoms with Crippen molar-refractivity contribution in [3.63, 3.8) is 0 Å². The van der Waals surface area contributed by atoms with Gasteiger partial charge in [-0.3, -0.25) is 0 Å². The van der Waals surface area contributed by atoms with Crippen LogP contribution in [0.1, 0.15) is 20.3 Å². The van der Waals surface area contributed by atoms with Crippen molar-refractivity contribution in [1.29, 1.82) is 0 Å². The first-order valence-electron chi connectivity index (χ1n) is 3.89. The molecule has 0 radical (unpaired) electrons. The zero-order chi connectivity index (χ0) is 9.56. The van der Waals surface area contributed by atoms with Crippen molar-refractivity contribution in [2.75, 3.05) is 6.61 Å². The van der Waals surface area contributed by atoms with Gasteiger partial charge in [-0.05, 0) is 31.1 Å². The molecule has 0 amide bonds. The minimum atomic E-state index is -1.11. The maximum absolute atomic E-state index is 12.7. The van der Waals surface area contributed by atoms with E-state index < -0.39 is 12.0 Å². The lowest BCUT2D eigenvalue weighted by molar-refractivity contribution is 0.328. The molecule has 0 aliphatic heterocycles. The largest absolute Gasteiger partial charge is 0.392 e. The molecule has 3 heteroatoms. The first-order valence-corrected chi connectivity index (χ1v) is 3.89. The fourth-order valence-corrected chi connectivity index (χ4v) is 0.752. The molecule has 0 aromatic carbocycles. The molecule has 0 fully saturated rings. The standard InChI is InChI=1S/C9H14F2O/c1-3-9(11)5-8(6-12)4-7(2)10/h4-5,9,12H,3,6H2,1-2H3/b7-4+,8-5+. The van der Waals surface area contributed by atoms with Crippen molar-refractivity contribution in [3.05, 3.63) is 23.6 Å². The van der Waals surface area contributed by atoms with Crippen LogP contribution >= 0.6 is 0 Å². The number of halogens is 2. The number of alkyl halides is 1. The summed E-state index contributed by atoms with van der Waals surface area (Å²) in [7, 11) is 0. The highest BCUT2D eigenvalue weighted by atomic mass is 19.1. The van der Waals surface area contributed by atoms with Crippen molar-refractivity contribution >= 4 is 0 Å². The van der Waals surface area contributed by atoms with E-state index in [0.29, 0.717) is 6.42 Å². The molecule has 0 saturated carbocycles. The fourth-order valence-electron chi connectivity index (χ4n) is 0.752. The SMILES string of the molecule is CCC(F)/C=C(\C=C(/C)F)CO. The van der Waals surface area contributed by atoms with Gasteiger partial charge in [0.1, 0.15) is 6.17 Å². The van der Waals surface area contributed by atoms with E-state index in [2.05, 4.69) is 0 Å². The molecule has 1 nitrogen and oxygen atoms in total. The molecule has 12 heavy (non-hydrogen) atoms. The van der Waals surface area contributed by atoms with Crippen LogP contribution in [0.3, 0.4) is 0 Å². The van der Waals surface area contributed by atoms with E-state index in [9.17, 15) is 8.78 Å². The van der Waals surface area contributed by atoms with E-state index in [1.165, 1.54) is 13.0 Å². The summed E-state index contributed by atoms with van der Waals surface area (Å²) in [6.45, 7) is 2.60. The smallest absolute Gasteiger partial charge is 0.119 e. The molecule has 0 aromatic heterocycles. The van der Waals surface area contributed by atoms with Gasteiger partial charge in [0, 0.05) is 0 Å². The van der Waals surface area contributed by atoms with Crippen LogP contribution in [0.25, 0.3) is 0 Å². The van der Waals surface area contributed by atoms with E-state index in [4.69, 9.17) is 5.11 Å². The summed E-state index contributed by atoms with van der Waals surface area (Å²) in [6.07, 6.45) is 1.58. The Bertz CT molecular complexity index is 181. The van der Waals surface area contributed by atoms with Crippen LogP contribution in [0.15, 0.2) is 23.6 Å². The highest BCUT2D eigenvalue weighted by molar-refractivity contribution is 5.21. The lowest BCUT2D eigenvalue weighted by atomic mass is 10.1. The van der Waals surface area contributed by atoms with Crippen LogP contribution in [0.2, 0.25) is 0 Å². The Morgan fingerprint density at radius 2 is 2.17 bits per heavy atom. The van der Waals surface area contributed by atoms with Crippen LogP contribution in [0.5, 0.6) is 0 Å². The summed E-state index contributed by atoms with van der Waals surface area (Å²) in [6, 6.07) is 0. The number of hydrogen-bond acceptors (Lipinski definition) is 1. The van der Waals surface area contributed by atoms with Crippen molar-refractivity contribution in [3.8, 4) is 0 Å². The van der Waals surface area contributed by atoms with Gasteiger partial charge in [-0.25, -0.2) is 8.78 Å². The van der Waals surface area contributed by atoms with Gasteiger partial charge in [0.15, 0.2) is 0 Å². The van der Waals surface area contributed by atoms with Gasteiger partial charge in [0.05, 0.1) is 12.4 Å². The van der Waals surface area contributed by atoms with E-state index in [1.54, 1.807) is 6.92 Å². The number of allylic oxidation sites excluding steroid dienone is 2. The zero-order valence-electron chi connectivity index (χ0n) is 7.35. The molecule has 1 atom stereocenters. The summed E-state index contributed by atoms with van der Waals surface area (Å²) >= 11 is 0. The summed E-state index contributed by atoms with van der Waals surface area (Å²) in [5, 5.41) is 8.67. The van der Waals surface area contributed by atoms with Crippen molar-refractivity contribution < 1.29 is 13.9 Å². The summed E-state index contributed by atoms with van der Waals surface area (Å²) in [4.78, 5) is 0. The first kappa shape index (κ1) is 11.3. The molecular weight excluding hydrogens is 162 g/mol. The molecule has 70 valence electrons. The molecule has 0 bridgehead atoms. The van der Waals surface area contributed by atoms with Gasteiger partial charge in [0.2, 0.25) is 0 Å². The molecule has 1 N–H and O–H groups in total. The average Bonchev–Trinajstić information content (AvgIpc) is 2.02. The number of aliphatic hydroxyl groups is 1. The van der Waals surface area contributed by atoms with Gasteiger partial charge >= 0.3 is 0 Å². The monoisotopic (exact) mass is 176 g/mol. The summed E-state index contributed by atoms with van der Waals surface area (Å²) in [5.41, 5.74) is 0.282. The Morgan fingerprint density at radius 1 is 1.58 bits per heavy atom. The van der Waals surface area contributed by atoms with E-state index in [0.717, 1.165) is 6.08 Å². The lowest BCUT2D eigenvalue weighted by Crippen LogP contribution is -1.96. The second-order valence-corrected chi connectivity index (χ2v) is 2.56. The maximum Gasteiger partial charge on any atom is 0.119 e. The molecule has 0 aliphatic carbocycles. The third-order valence-corrected chi connectivity index (χ3v) is 1.35. The quantitative estimate of drug-likeness (QED) is 0.652. The Kier molecular flexibility index (Phi) is 5.54. The number of rotatable bonds is 4. The van der Waals surface area contributed by atoms with Gasteiger partial charge in [-0.2, -0.15) is 0 Å². The molecule has 1 unspecified atom stereocenters. The Morgan fingerprint density at radius 3 is 2.50 bits per heavy atom. The van der Waals surface area contributed by atoms with Crippen molar-refractivity contribution in [1.82, 2.24) is 0 Å². The molecule has 0 saturated heterocycles. The molecule has 0 heterocycles. The number of aliphatic hydroxyl groups excluding tert-OH is 1. The Labute approximate surface area is 71.4 Å². The summed E-state index contributed by atoms with van der Waals surface area (Å²) < 4.78 is 25.0. The van der Waals surface area contributed by atoms with E-state index in [-0.39, 0.29) is 12.2 Å². The Balaban J connectivity index is 4.33. The van der Waals surface area contributed by atoms with Gasteiger partial charge in [-0.1, -0.05) is 6.92 Å². The second-order valence-electron chi connectivity index (χ2n) is 2.56. The topological polar surface area (TPSA) is 20.2 Å². The Hall–Kier alpha value is -0.700. The predicted octanol–water partition coefficient (Wildman–Crippen LogP) is 2.53. The molecule has 0 aliphatic rings. The minimum Gasteiger partial charge on any atom is -0.392 e. The highest BCUT2D eigenvalue weighted by Gasteiger charge is 2.00. The maximum atomic E-state index is 12.7. The van der Waals surface area contributed by atoms with Crippen LogP contribution in [-0.2, 0) is 0 Å². The van der Waals surface area contributed by atoms with Crippen LogP contribution in [-0.4, -0.2) is 17.9 Å². The highest BCUT2D eigenvalue weighted by Crippen LogP contribution is 2.07. The fraction of sp³-hybridized carbons (Fsp3) is 0.556. The lowest BCUT2D eigenvalue weighted by Gasteiger charge is -2.00. The van der Waals surface area contributed by atoms with Gasteiger partial charge in [-0.15, -0.1) is 0 Å². The third kappa shape index (κ3) is 5.02. The number of hydrogen-bond donors (Lipinski definition) is 1. The molecule has 0 spiro atoms. The van der Waals surface area contributed by atoms with Crippen LogP contribution in [0, 0.1) is 0 Å². The molecule has 0 aromatic rings. The summed E-state index contributed by atoms with van der Waals surface area (Å²) in [5.74, 6) is -0.432. The van der Waals surface area contributed by atoms with Crippen LogP contribution in [0.4, 0.5) is 8.78 Å². The van der Waals surface area contributed by atoms with Crippen LogP contribution < -0.4 is 0 Å². The molecular formula is C9H14F2O. The predicted molar refractivity (Wildman–Crippen MR) is 45.2 cm³/mol. The van der Waals surface area contributed by atoms with Crippen molar-refractivity contribution in [2.45, 2.75) is 26.4 Å². The van der Waals surface area contributed by atoms with E-state index in [1.807, 2.05) is 0 Å². The van der Waals surface area contributed by atoms with E-state index >= 15 is 0 Å². The van der Waals surface area contributed by atoms with Gasteiger partial charge in [0.25, 0.3) is 0 Å². The van der Waals surface area contributed by atoms with Gasteiger partial charge < -0.3 is 5.11 Å². The third-order valence-electron chi connectivity index (χ3n) is 1.35.